The van der Waals surface area contributed by atoms with Gasteiger partial charge in [0.05, 0.1) is 23.6 Å². The number of carbonyl (C=O) groups is 2. The molecule has 4 rings (SSSR count). The molecule has 0 saturated carbocycles. The molecular formula is C23H23ClN4O3S. The third-order valence-corrected chi connectivity index (χ3v) is 6.24. The number of amidine groups is 2. The summed E-state index contributed by atoms with van der Waals surface area (Å²) in [5, 5.41) is 3.68. The molecule has 2 aliphatic rings. The van der Waals surface area contributed by atoms with Crippen molar-refractivity contribution in [3.8, 4) is 5.75 Å². The van der Waals surface area contributed by atoms with Crippen LogP contribution in [0.2, 0.25) is 5.02 Å². The molecule has 0 aromatic heterocycles. The van der Waals surface area contributed by atoms with E-state index in [1.165, 1.54) is 18.9 Å². The Morgan fingerprint density at radius 2 is 2.06 bits per heavy atom. The number of nitrogens with one attached hydrogen (secondary N) is 1. The zero-order valence-electron chi connectivity index (χ0n) is 18.0. The molecule has 0 aliphatic carbocycles. The lowest BCUT2D eigenvalue weighted by atomic mass is 10.0. The van der Waals surface area contributed by atoms with Crippen molar-refractivity contribution in [1.82, 2.24) is 4.90 Å². The van der Waals surface area contributed by atoms with Crippen LogP contribution >= 0.6 is 23.4 Å². The fraction of sp³-hybridized carbons (Fsp3) is 0.304. The number of ether oxygens (including phenoxy) is 1. The van der Waals surface area contributed by atoms with E-state index in [0.717, 1.165) is 11.3 Å². The van der Waals surface area contributed by atoms with Gasteiger partial charge in [-0.1, -0.05) is 49.3 Å². The number of hydrogen-bond donors (Lipinski definition) is 1. The summed E-state index contributed by atoms with van der Waals surface area (Å²) in [4.78, 5) is 36.6. The predicted molar refractivity (Wildman–Crippen MR) is 129 cm³/mol. The van der Waals surface area contributed by atoms with Crippen molar-refractivity contribution in [2.24, 2.45) is 15.9 Å². The van der Waals surface area contributed by atoms with Crippen molar-refractivity contribution >= 4 is 57.6 Å². The van der Waals surface area contributed by atoms with Crippen molar-refractivity contribution in [3.05, 3.63) is 53.1 Å². The summed E-state index contributed by atoms with van der Waals surface area (Å²) in [7, 11) is 1.53. The van der Waals surface area contributed by atoms with Gasteiger partial charge in [0.25, 0.3) is 5.91 Å². The molecule has 9 heteroatoms. The van der Waals surface area contributed by atoms with E-state index in [1.807, 2.05) is 24.3 Å². The highest BCUT2D eigenvalue weighted by Gasteiger charge is 2.41. The maximum absolute atomic E-state index is 13.1. The van der Waals surface area contributed by atoms with Crippen LogP contribution in [0, 0.1) is 5.92 Å². The van der Waals surface area contributed by atoms with Crippen LogP contribution in [0.3, 0.4) is 0 Å². The minimum Gasteiger partial charge on any atom is -0.495 e. The zero-order valence-corrected chi connectivity index (χ0v) is 19.5. The third-order valence-electron chi connectivity index (χ3n) is 5.01. The van der Waals surface area contributed by atoms with E-state index in [4.69, 9.17) is 21.3 Å². The van der Waals surface area contributed by atoms with Gasteiger partial charge in [-0.2, -0.15) is 0 Å². The number of fused-ring (bicyclic) bond motifs is 3. The number of thioether (sulfide) groups is 1. The number of aliphatic imine (C=N–C) groups is 2. The van der Waals surface area contributed by atoms with Gasteiger partial charge in [0.2, 0.25) is 5.91 Å². The molecule has 2 heterocycles. The van der Waals surface area contributed by atoms with Crippen LogP contribution in [-0.2, 0) is 9.59 Å². The number of benzene rings is 2. The van der Waals surface area contributed by atoms with Crippen LogP contribution in [0.4, 0.5) is 11.4 Å². The molecule has 0 saturated heterocycles. The summed E-state index contributed by atoms with van der Waals surface area (Å²) in [5.74, 6) is 1.22. The number of carbonyl (C=O) groups excluding carboxylic acids is 2. The second-order valence-corrected chi connectivity index (χ2v) is 9.22. The van der Waals surface area contributed by atoms with Crippen molar-refractivity contribution in [3.63, 3.8) is 0 Å². The first-order valence-corrected chi connectivity index (χ1v) is 11.6. The number of rotatable bonds is 6. The van der Waals surface area contributed by atoms with Crippen LogP contribution in [0.15, 0.2) is 52.4 Å². The monoisotopic (exact) mass is 470 g/mol. The lowest BCUT2D eigenvalue weighted by Crippen LogP contribution is -2.41. The molecular weight excluding hydrogens is 448 g/mol. The van der Waals surface area contributed by atoms with Gasteiger partial charge in [-0.05, 0) is 42.7 Å². The molecule has 2 aliphatic heterocycles. The molecule has 0 fully saturated rings. The number of anilines is 1. The lowest BCUT2D eigenvalue weighted by Gasteiger charge is -2.25. The molecule has 2 amide bonds. The van der Waals surface area contributed by atoms with Gasteiger partial charge in [-0.3, -0.25) is 14.6 Å². The molecule has 2 aromatic carbocycles. The summed E-state index contributed by atoms with van der Waals surface area (Å²) >= 11 is 7.33. The normalized spacial score (nSPS) is 17.0. The largest absolute Gasteiger partial charge is 0.495 e. The third kappa shape index (κ3) is 4.52. The maximum atomic E-state index is 13.1. The van der Waals surface area contributed by atoms with Crippen LogP contribution in [0.1, 0.15) is 25.8 Å². The Labute approximate surface area is 195 Å². The van der Waals surface area contributed by atoms with E-state index in [0.29, 0.717) is 39.8 Å². The lowest BCUT2D eigenvalue weighted by molar-refractivity contribution is -0.125. The summed E-state index contributed by atoms with van der Waals surface area (Å²) in [6.45, 7) is 4.14. The van der Waals surface area contributed by atoms with Gasteiger partial charge >= 0.3 is 0 Å². The summed E-state index contributed by atoms with van der Waals surface area (Å²) in [5.41, 5.74) is 2.13. The Kier molecular flexibility index (Phi) is 6.53. The highest BCUT2D eigenvalue weighted by Crippen LogP contribution is 2.34. The van der Waals surface area contributed by atoms with E-state index >= 15 is 0 Å². The first-order chi connectivity index (χ1) is 15.4. The predicted octanol–water partition coefficient (Wildman–Crippen LogP) is 4.73. The molecule has 0 radical (unpaired) electrons. The van der Waals surface area contributed by atoms with E-state index < -0.39 is 6.04 Å². The minimum absolute atomic E-state index is 0.0799. The van der Waals surface area contributed by atoms with Crippen LogP contribution in [0.5, 0.6) is 5.75 Å². The number of para-hydroxylation sites is 1. The number of halogens is 1. The second-order valence-electron chi connectivity index (χ2n) is 7.87. The number of methoxy groups -OCH3 is 1. The Bertz CT molecular complexity index is 1130. The Balaban J connectivity index is 1.51. The number of nitrogens with zero attached hydrogens (tertiary/aromatic N) is 3. The van der Waals surface area contributed by atoms with Crippen molar-refractivity contribution in [2.45, 2.75) is 26.3 Å². The highest BCUT2D eigenvalue weighted by molar-refractivity contribution is 8.14. The standard InChI is InChI=1S/C23H23ClN4O3S/c1-13(2)10-18-22(30)28-21(26-18)15-6-4-5-7-17(15)27-23(28)32-12-20(29)25-14-8-9-19(31-3)16(24)11-14/h4-9,11,13,18H,10,12H2,1-3H3,(H,25,29)/t18-/m0/s1. The van der Waals surface area contributed by atoms with Crippen molar-refractivity contribution < 1.29 is 14.3 Å². The van der Waals surface area contributed by atoms with Gasteiger partial charge < -0.3 is 10.1 Å². The number of amides is 2. The fourth-order valence-corrected chi connectivity index (χ4v) is 4.63. The molecule has 166 valence electrons. The van der Waals surface area contributed by atoms with Crippen molar-refractivity contribution in [2.75, 3.05) is 18.2 Å². The molecule has 0 unspecified atom stereocenters. The van der Waals surface area contributed by atoms with Crippen LogP contribution < -0.4 is 10.1 Å². The van der Waals surface area contributed by atoms with E-state index in [2.05, 4.69) is 24.2 Å². The van der Waals surface area contributed by atoms with Gasteiger partial charge in [0.15, 0.2) is 5.17 Å². The van der Waals surface area contributed by atoms with Gasteiger partial charge in [0.1, 0.15) is 17.6 Å². The van der Waals surface area contributed by atoms with Crippen LogP contribution in [0.25, 0.3) is 0 Å². The van der Waals surface area contributed by atoms with E-state index in [-0.39, 0.29) is 17.6 Å². The summed E-state index contributed by atoms with van der Waals surface area (Å²) in [6.07, 6.45) is 0.664. The SMILES string of the molecule is COc1ccc(NC(=O)CSC2=Nc3ccccc3C3=N[C@@H](CC(C)C)C(=O)N23)cc1Cl. The molecule has 32 heavy (non-hydrogen) atoms. The number of hydrogen-bond acceptors (Lipinski definition) is 6. The molecule has 0 bridgehead atoms. The Morgan fingerprint density at radius 3 is 2.78 bits per heavy atom. The van der Waals surface area contributed by atoms with Gasteiger partial charge in [-0.25, -0.2) is 9.89 Å². The first kappa shape index (κ1) is 22.4. The summed E-state index contributed by atoms with van der Waals surface area (Å²) < 4.78 is 5.13. The Morgan fingerprint density at radius 1 is 1.28 bits per heavy atom. The summed E-state index contributed by atoms with van der Waals surface area (Å²) in [6, 6.07) is 12.2. The van der Waals surface area contributed by atoms with Crippen molar-refractivity contribution in [1.29, 1.82) is 0 Å². The average Bonchev–Trinajstić information content (AvgIpc) is 3.08. The molecule has 7 nitrogen and oxygen atoms in total. The molecule has 1 N–H and O–H groups in total. The smallest absolute Gasteiger partial charge is 0.259 e. The van der Waals surface area contributed by atoms with Gasteiger partial charge in [-0.15, -0.1) is 0 Å². The fourth-order valence-electron chi connectivity index (χ4n) is 3.57. The minimum atomic E-state index is -0.433. The quantitative estimate of drug-likeness (QED) is 0.661. The average molecular weight is 471 g/mol. The highest BCUT2D eigenvalue weighted by atomic mass is 35.5. The second kappa shape index (κ2) is 9.34. The first-order valence-electron chi connectivity index (χ1n) is 10.2. The molecule has 1 atom stereocenters. The molecule has 0 spiro atoms. The van der Waals surface area contributed by atoms with Gasteiger partial charge in [0, 0.05) is 11.3 Å². The van der Waals surface area contributed by atoms with E-state index in [1.54, 1.807) is 23.1 Å². The molecule has 2 aromatic rings. The maximum Gasteiger partial charge on any atom is 0.259 e. The topological polar surface area (TPSA) is 83.4 Å². The Hall–Kier alpha value is -2.84. The van der Waals surface area contributed by atoms with E-state index in [9.17, 15) is 9.59 Å². The van der Waals surface area contributed by atoms with Crippen LogP contribution in [-0.4, -0.2) is 46.6 Å². The zero-order chi connectivity index (χ0) is 22.8.